The van der Waals surface area contributed by atoms with Gasteiger partial charge in [-0.15, -0.1) is 0 Å². The number of rotatable bonds is 7. The second-order valence-electron chi connectivity index (χ2n) is 8.28. The van der Waals surface area contributed by atoms with Gasteiger partial charge in [0, 0.05) is 0 Å². The number of hydroxylamine groups is 1. The molecular formula is C27H26N2O4. The predicted molar refractivity (Wildman–Crippen MR) is 126 cm³/mol. The molecule has 33 heavy (non-hydrogen) atoms. The highest BCUT2D eigenvalue weighted by atomic mass is 16.7. The van der Waals surface area contributed by atoms with E-state index in [-0.39, 0.29) is 11.8 Å². The number of fused-ring (bicyclic) bond motifs is 1. The number of amides is 2. The maximum absolute atomic E-state index is 13.6. The van der Waals surface area contributed by atoms with Crippen molar-refractivity contribution in [3.63, 3.8) is 0 Å². The molecule has 168 valence electrons. The summed E-state index contributed by atoms with van der Waals surface area (Å²) in [7, 11) is 0. The van der Waals surface area contributed by atoms with Crippen molar-refractivity contribution in [1.82, 2.24) is 0 Å². The van der Waals surface area contributed by atoms with Gasteiger partial charge in [0.2, 0.25) is 5.91 Å². The molecule has 0 radical (unpaired) electrons. The Labute approximate surface area is 193 Å². The van der Waals surface area contributed by atoms with Gasteiger partial charge in [-0.05, 0) is 48.4 Å². The fourth-order valence-corrected chi connectivity index (χ4v) is 4.48. The molecule has 2 fully saturated rings. The van der Waals surface area contributed by atoms with E-state index in [1.165, 1.54) is 4.90 Å². The van der Waals surface area contributed by atoms with Gasteiger partial charge < -0.3 is 4.74 Å². The highest BCUT2D eigenvalue weighted by molar-refractivity contribution is 6.23. The summed E-state index contributed by atoms with van der Waals surface area (Å²) in [5, 5.41) is 1.71. The Morgan fingerprint density at radius 3 is 2.15 bits per heavy atom. The zero-order chi connectivity index (χ0) is 22.8. The van der Waals surface area contributed by atoms with Crippen molar-refractivity contribution < 1.29 is 19.2 Å². The van der Waals surface area contributed by atoms with Crippen LogP contribution in [-0.2, 0) is 14.4 Å². The van der Waals surface area contributed by atoms with Crippen LogP contribution in [-0.4, -0.2) is 24.5 Å². The molecule has 0 aromatic heterocycles. The molecular weight excluding hydrogens is 416 g/mol. The summed E-state index contributed by atoms with van der Waals surface area (Å²) < 4.78 is 5.71. The summed E-state index contributed by atoms with van der Waals surface area (Å²) in [4.78, 5) is 34.4. The Kier molecular flexibility index (Phi) is 5.84. The van der Waals surface area contributed by atoms with E-state index in [1.807, 2.05) is 60.7 Å². The molecule has 0 saturated carbocycles. The van der Waals surface area contributed by atoms with Crippen LogP contribution in [0.4, 0.5) is 11.4 Å². The molecule has 0 unspecified atom stereocenters. The maximum atomic E-state index is 13.6. The molecule has 0 N–H and O–H groups in total. The summed E-state index contributed by atoms with van der Waals surface area (Å²) in [6, 6.07) is 26.0. The molecule has 2 heterocycles. The number of ether oxygens (including phenoxy) is 1. The minimum Gasteiger partial charge on any atom is -0.494 e. The molecule has 3 atom stereocenters. The van der Waals surface area contributed by atoms with Crippen molar-refractivity contribution in [2.45, 2.75) is 31.9 Å². The number of benzene rings is 3. The van der Waals surface area contributed by atoms with Crippen molar-refractivity contribution in [2.75, 3.05) is 16.6 Å². The van der Waals surface area contributed by atoms with Crippen LogP contribution in [0.1, 0.15) is 31.4 Å². The van der Waals surface area contributed by atoms with Crippen molar-refractivity contribution in [3.05, 3.63) is 90.5 Å². The Morgan fingerprint density at radius 1 is 0.818 bits per heavy atom. The van der Waals surface area contributed by atoms with E-state index >= 15 is 0 Å². The number of carbonyl (C=O) groups is 2. The van der Waals surface area contributed by atoms with Crippen LogP contribution in [0, 0.1) is 5.92 Å². The Balaban J connectivity index is 1.45. The molecule has 6 heteroatoms. The zero-order valence-electron chi connectivity index (χ0n) is 18.5. The summed E-state index contributed by atoms with van der Waals surface area (Å²) in [6.07, 6.45) is 1.16. The molecule has 6 nitrogen and oxygen atoms in total. The van der Waals surface area contributed by atoms with E-state index in [2.05, 4.69) is 6.92 Å². The van der Waals surface area contributed by atoms with Gasteiger partial charge in [-0.2, -0.15) is 0 Å². The highest BCUT2D eigenvalue weighted by Crippen LogP contribution is 2.47. The van der Waals surface area contributed by atoms with Crippen LogP contribution in [0.2, 0.25) is 0 Å². The fraction of sp³-hybridized carbons (Fsp3) is 0.259. The Morgan fingerprint density at radius 2 is 1.48 bits per heavy atom. The third kappa shape index (κ3) is 3.87. The normalized spacial score (nSPS) is 22.0. The molecule has 2 amide bonds. The average molecular weight is 443 g/mol. The van der Waals surface area contributed by atoms with E-state index in [0.29, 0.717) is 12.3 Å². The predicted octanol–water partition coefficient (Wildman–Crippen LogP) is 4.92. The highest BCUT2D eigenvalue weighted by Gasteiger charge is 2.60. The maximum Gasteiger partial charge on any atom is 0.266 e. The van der Waals surface area contributed by atoms with Crippen molar-refractivity contribution in [1.29, 1.82) is 0 Å². The van der Waals surface area contributed by atoms with Crippen molar-refractivity contribution in [2.24, 2.45) is 5.92 Å². The number of unbranched alkanes of at least 4 members (excludes halogenated alkanes) is 1. The van der Waals surface area contributed by atoms with Crippen LogP contribution in [0.25, 0.3) is 0 Å². The van der Waals surface area contributed by atoms with Crippen LogP contribution < -0.4 is 14.7 Å². The molecule has 2 aliphatic rings. The van der Waals surface area contributed by atoms with Gasteiger partial charge in [0.05, 0.1) is 24.0 Å². The molecule has 2 saturated heterocycles. The van der Waals surface area contributed by atoms with E-state index < -0.39 is 18.1 Å². The summed E-state index contributed by atoms with van der Waals surface area (Å²) in [6.45, 7) is 2.75. The second kappa shape index (κ2) is 9.08. The van der Waals surface area contributed by atoms with Gasteiger partial charge in [-0.3, -0.25) is 14.4 Å². The van der Waals surface area contributed by atoms with Gasteiger partial charge in [-0.1, -0.05) is 61.9 Å². The van der Waals surface area contributed by atoms with Gasteiger partial charge in [0.25, 0.3) is 5.91 Å². The minimum atomic E-state index is -0.872. The molecule has 3 aromatic carbocycles. The van der Waals surface area contributed by atoms with Gasteiger partial charge in [-0.25, -0.2) is 9.96 Å². The second-order valence-corrected chi connectivity index (χ2v) is 8.28. The molecule has 3 aromatic rings. The lowest BCUT2D eigenvalue weighted by Crippen LogP contribution is -2.37. The van der Waals surface area contributed by atoms with Crippen LogP contribution in [0.3, 0.4) is 0 Å². The number of carbonyl (C=O) groups excluding carboxylic acids is 2. The molecule has 2 aliphatic heterocycles. The average Bonchev–Trinajstić information content (AvgIpc) is 3.37. The first kappa shape index (κ1) is 21.2. The molecule has 5 rings (SSSR count). The lowest BCUT2D eigenvalue weighted by atomic mass is 9.90. The molecule has 0 bridgehead atoms. The SMILES string of the molecule is CCCCOc1ccc(N2C(=O)[C@@H]3[C@@H](c4ccccc4)N(c4ccccc4)O[C@H]3C2=O)cc1. The van der Waals surface area contributed by atoms with Gasteiger partial charge >= 0.3 is 0 Å². The summed E-state index contributed by atoms with van der Waals surface area (Å²) in [5.74, 6) is -0.512. The quantitative estimate of drug-likeness (QED) is 0.384. The number of para-hydroxylation sites is 1. The first-order valence-electron chi connectivity index (χ1n) is 11.4. The third-order valence-electron chi connectivity index (χ3n) is 6.13. The first-order valence-corrected chi connectivity index (χ1v) is 11.4. The van der Waals surface area contributed by atoms with E-state index in [1.54, 1.807) is 29.3 Å². The first-order chi connectivity index (χ1) is 16.2. The summed E-state index contributed by atoms with van der Waals surface area (Å²) >= 11 is 0. The number of hydrogen-bond acceptors (Lipinski definition) is 5. The van der Waals surface area contributed by atoms with Crippen molar-refractivity contribution >= 4 is 23.2 Å². The smallest absolute Gasteiger partial charge is 0.266 e. The standard InChI is InChI=1S/C27H26N2O4/c1-2-3-18-32-22-16-14-20(15-17-22)28-26(30)23-24(19-10-6-4-7-11-19)29(33-25(23)27(28)31)21-12-8-5-9-13-21/h4-17,23-25H,2-3,18H2,1H3/t23-,24-,25-/m1/s1. The number of nitrogens with zero attached hydrogens (tertiary/aromatic N) is 2. The molecule has 0 aliphatic carbocycles. The number of hydrogen-bond donors (Lipinski definition) is 0. The van der Waals surface area contributed by atoms with Gasteiger partial charge in [0.15, 0.2) is 6.10 Å². The van der Waals surface area contributed by atoms with E-state index in [9.17, 15) is 9.59 Å². The number of anilines is 2. The Bertz CT molecular complexity index is 1120. The zero-order valence-corrected chi connectivity index (χ0v) is 18.5. The number of imide groups is 1. The third-order valence-corrected chi connectivity index (χ3v) is 6.13. The topological polar surface area (TPSA) is 59.1 Å². The lowest BCUT2D eigenvalue weighted by molar-refractivity contribution is -0.126. The lowest BCUT2D eigenvalue weighted by Gasteiger charge is -2.28. The van der Waals surface area contributed by atoms with Crippen molar-refractivity contribution in [3.8, 4) is 5.75 Å². The van der Waals surface area contributed by atoms with Crippen LogP contribution in [0.5, 0.6) is 5.75 Å². The van der Waals surface area contributed by atoms with E-state index in [4.69, 9.17) is 9.57 Å². The van der Waals surface area contributed by atoms with Crippen LogP contribution >= 0.6 is 0 Å². The summed E-state index contributed by atoms with van der Waals surface area (Å²) in [5.41, 5.74) is 2.27. The van der Waals surface area contributed by atoms with E-state index in [0.717, 1.165) is 29.8 Å². The largest absolute Gasteiger partial charge is 0.494 e. The van der Waals surface area contributed by atoms with Gasteiger partial charge in [0.1, 0.15) is 11.7 Å². The fourth-order valence-electron chi connectivity index (χ4n) is 4.48. The molecule has 0 spiro atoms. The Hall–Kier alpha value is -3.64. The van der Waals surface area contributed by atoms with Crippen LogP contribution in [0.15, 0.2) is 84.9 Å². The minimum absolute atomic E-state index is 0.253. The monoisotopic (exact) mass is 442 g/mol.